The number of unbranched alkanes of at least 4 members (excludes halogenated alkanes) is 8. The van der Waals surface area contributed by atoms with Crippen LogP contribution in [0.15, 0.2) is 0 Å². The van der Waals surface area contributed by atoms with E-state index in [1.807, 2.05) is 13.8 Å². The van der Waals surface area contributed by atoms with Crippen molar-refractivity contribution in [3.05, 3.63) is 0 Å². The molecule has 0 aromatic rings. The lowest BCUT2D eigenvalue weighted by molar-refractivity contribution is -0.122. The van der Waals surface area contributed by atoms with E-state index in [0.717, 1.165) is 12.8 Å². The number of rotatable bonds is 13. The summed E-state index contributed by atoms with van der Waals surface area (Å²) in [5, 5.41) is 12.1. The molecule has 0 aliphatic heterocycles. The predicted octanol–water partition coefficient (Wildman–Crippen LogP) is 5.11. The molecule has 0 rings (SSSR count). The van der Waals surface area contributed by atoms with Crippen LogP contribution in [0, 0.1) is 11.3 Å². The zero-order chi connectivity index (χ0) is 16.0. The summed E-state index contributed by atoms with van der Waals surface area (Å²) in [6.45, 7) is 6.14. The average molecular weight is 294 g/mol. The molecule has 3 heteroatoms. The van der Waals surface area contributed by atoms with Crippen LogP contribution >= 0.6 is 0 Å². The van der Waals surface area contributed by atoms with Crippen LogP contribution in [0.25, 0.3) is 0 Å². The number of nitrogens with zero attached hydrogens (tertiary/aromatic N) is 1. The van der Waals surface area contributed by atoms with Crippen molar-refractivity contribution in [1.29, 1.82) is 5.26 Å². The molecule has 0 saturated carbocycles. The Balaban J connectivity index is 3.60. The van der Waals surface area contributed by atoms with E-state index in [1.165, 1.54) is 44.9 Å². The van der Waals surface area contributed by atoms with Gasteiger partial charge in [-0.25, -0.2) is 0 Å². The summed E-state index contributed by atoms with van der Waals surface area (Å²) in [5.41, 5.74) is -0.656. The van der Waals surface area contributed by atoms with Crippen molar-refractivity contribution in [2.75, 3.05) is 0 Å². The standard InChI is InChI=1S/C18H34N2O/c1-4-7-8-9-10-11-12-13-14-15-17(21)20-18(5-2,6-3)16-19/h4-15H2,1-3H3,(H,20,21). The Morgan fingerprint density at radius 3 is 1.81 bits per heavy atom. The quantitative estimate of drug-likeness (QED) is 0.480. The summed E-state index contributed by atoms with van der Waals surface area (Å²) < 4.78 is 0. The fourth-order valence-corrected chi connectivity index (χ4v) is 2.54. The Hall–Kier alpha value is -1.04. The highest BCUT2D eigenvalue weighted by Gasteiger charge is 2.27. The van der Waals surface area contributed by atoms with Crippen LogP contribution in [0.1, 0.15) is 97.8 Å². The van der Waals surface area contributed by atoms with E-state index in [2.05, 4.69) is 18.3 Å². The summed E-state index contributed by atoms with van der Waals surface area (Å²) in [5.74, 6) is 0.0307. The molecular formula is C18H34N2O. The second kappa shape index (κ2) is 12.7. The van der Waals surface area contributed by atoms with Crippen LogP contribution in [-0.4, -0.2) is 11.4 Å². The monoisotopic (exact) mass is 294 g/mol. The third kappa shape index (κ3) is 9.50. The minimum atomic E-state index is -0.656. The molecule has 1 N–H and O–H groups in total. The second-order valence-corrected chi connectivity index (χ2v) is 6.03. The van der Waals surface area contributed by atoms with Gasteiger partial charge in [0.2, 0.25) is 5.91 Å². The van der Waals surface area contributed by atoms with E-state index < -0.39 is 5.54 Å². The smallest absolute Gasteiger partial charge is 0.221 e. The maximum Gasteiger partial charge on any atom is 0.221 e. The van der Waals surface area contributed by atoms with Crippen molar-refractivity contribution < 1.29 is 4.79 Å². The van der Waals surface area contributed by atoms with Crippen molar-refractivity contribution in [3.63, 3.8) is 0 Å². The molecule has 0 aromatic carbocycles. The van der Waals surface area contributed by atoms with Gasteiger partial charge >= 0.3 is 0 Å². The minimum absolute atomic E-state index is 0.0307. The highest BCUT2D eigenvalue weighted by atomic mass is 16.1. The van der Waals surface area contributed by atoms with Crippen molar-refractivity contribution >= 4 is 5.91 Å². The normalized spacial score (nSPS) is 11.1. The second-order valence-electron chi connectivity index (χ2n) is 6.03. The third-order valence-corrected chi connectivity index (χ3v) is 4.31. The molecule has 122 valence electrons. The van der Waals surface area contributed by atoms with Crippen LogP contribution < -0.4 is 5.32 Å². The van der Waals surface area contributed by atoms with Gasteiger partial charge in [0.25, 0.3) is 0 Å². The lowest BCUT2D eigenvalue weighted by Crippen LogP contribution is -2.46. The molecule has 0 spiro atoms. The Morgan fingerprint density at radius 1 is 0.905 bits per heavy atom. The lowest BCUT2D eigenvalue weighted by atomic mass is 9.94. The molecule has 0 unspecified atom stereocenters. The number of nitriles is 1. The third-order valence-electron chi connectivity index (χ3n) is 4.31. The molecule has 0 heterocycles. The number of nitrogens with one attached hydrogen (secondary N) is 1. The van der Waals surface area contributed by atoms with Crippen LogP contribution in [0.5, 0.6) is 0 Å². The first-order chi connectivity index (χ1) is 10.1. The molecule has 0 aliphatic rings. The molecule has 21 heavy (non-hydrogen) atoms. The van der Waals surface area contributed by atoms with Gasteiger partial charge in [-0.05, 0) is 19.3 Å². The van der Waals surface area contributed by atoms with E-state index in [-0.39, 0.29) is 5.91 Å². The van der Waals surface area contributed by atoms with Crippen LogP contribution in [0.3, 0.4) is 0 Å². The Bertz CT molecular complexity index is 303. The lowest BCUT2D eigenvalue weighted by Gasteiger charge is -2.24. The summed E-state index contributed by atoms with van der Waals surface area (Å²) in [7, 11) is 0. The van der Waals surface area contributed by atoms with Crippen molar-refractivity contribution in [2.24, 2.45) is 0 Å². The number of carbonyl (C=O) groups excluding carboxylic acids is 1. The first-order valence-electron chi connectivity index (χ1n) is 8.86. The first-order valence-corrected chi connectivity index (χ1v) is 8.86. The maximum atomic E-state index is 11.9. The predicted molar refractivity (Wildman–Crippen MR) is 88.9 cm³/mol. The summed E-state index contributed by atoms with van der Waals surface area (Å²) in [6.07, 6.45) is 13.2. The molecule has 3 nitrogen and oxygen atoms in total. The summed E-state index contributed by atoms with van der Waals surface area (Å²) in [4.78, 5) is 11.9. The minimum Gasteiger partial charge on any atom is -0.338 e. The zero-order valence-corrected chi connectivity index (χ0v) is 14.3. The molecular weight excluding hydrogens is 260 g/mol. The van der Waals surface area contributed by atoms with Crippen LogP contribution in [0.4, 0.5) is 0 Å². The zero-order valence-electron chi connectivity index (χ0n) is 14.3. The Labute approximate surface area is 131 Å². The van der Waals surface area contributed by atoms with Crippen molar-refractivity contribution in [1.82, 2.24) is 5.32 Å². The summed E-state index contributed by atoms with van der Waals surface area (Å²) in [6, 6.07) is 2.25. The Morgan fingerprint density at radius 2 is 1.38 bits per heavy atom. The van der Waals surface area contributed by atoms with Gasteiger partial charge in [0.15, 0.2) is 0 Å². The van der Waals surface area contributed by atoms with E-state index in [1.54, 1.807) is 0 Å². The maximum absolute atomic E-state index is 11.9. The van der Waals surface area contributed by atoms with Gasteiger partial charge in [-0.2, -0.15) is 5.26 Å². The number of hydrogen-bond donors (Lipinski definition) is 1. The van der Waals surface area contributed by atoms with E-state index in [9.17, 15) is 10.1 Å². The molecule has 0 radical (unpaired) electrons. The molecule has 0 atom stereocenters. The highest BCUT2D eigenvalue weighted by molar-refractivity contribution is 5.77. The van der Waals surface area contributed by atoms with E-state index >= 15 is 0 Å². The Kier molecular flexibility index (Phi) is 12.1. The van der Waals surface area contributed by atoms with Crippen LogP contribution in [0.2, 0.25) is 0 Å². The van der Waals surface area contributed by atoms with E-state index in [0.29, 0.717) is 19.3 Å². The molecule has 1 amide bonds. The van der Waals surface area contributed by atoms with Crippen molar-refractivity contribution in [2.45, 2.75) is 103 Å². The number of hydrogen-bond acceptors (Lipinski definition) is 2. The molecule has 0 fully saturated rings. The first kappa shape index (κ1) is 20.0. The van der Waals surface area contributed by atoms with Gasteiger partial charge < -0.3 is 5.32 Å². The van der Waals surface area contributed by atoms with Gasteiger partial charge in [0.1, 0.15) is 5.54 Å². The molecule has 0 aliphatic carbocycles. The fourth-order valence-electron chi connectivity index (χ4n) is 2.54. The molecule has 0 bridgehead atoms. The molecule has 0 saturated heterocycles. The summed E-state index contributed by atoms with van der Waals surface area (Å²) >= 11 is 0. The van der Waals surface area contributed by atoms with Crippen LogP contribution in [-0.2, 0) is 4.79 Å². The SMILES string of the molecule is CCCCCCCCCCCC(=O)NC(C#N)(CC)CC. The topological polar surface area (TPSA) is 52.9 Å². The van der Waals surface area contributed by atoms with Gasteiger partial charge in [-0.1, -0.05) is 72.1 Å². The van der Waals surface area contributed by atoms with Gasteiger partial charge in [-0.15, -0.1) is 0 Å². The van der Waals surface area contributed by atoms with Gasteiger partial charge in [0, 0.05) is 6.42 Å². The average Bonchev–Trinajstić information content (AvgIpc) is 2.51. The number of amides is 1. The fraction of sp³-hybridized carbons (Fsp3) is 0.889. The van der Waals surface area contributed by atoms with Gasteiger partial charge in [0.05, 0.1) is 6.07 Å². The number of carbonyl (C=O) groups is 1. The largest absolute Gasteiger partial charge is 0.338 e. The highest BCUT2D eigenvalue weighted by Crippen LogP contribution is 2.15. The van der Waals surface area contributed by atoms with Gasteiger partial charge in [-0.3, -0.25) is 4.79 Å². The molecule has 0 aromatic heterocycles. The van der Waals surface area contributed by atoms with E-state index in [4.69, 9.17) is 0 Å². The van der Waals surface area contributed by atoms with Crippen molar-refractivity contribution in [3.8, 4) is 6.07 Å².